The number of halogens is 1. The predicted molar refractivity (Wildman–Crippen MR) is 141 cm³/mol. The number of alkyl carbamates (subject to hydrolysis) is 1. The lowest BCUT2D eigenvalue weighted by atomic mass is 9.89. The molecular weight excluding hydrogens is 482 g/mol. The van der Waals surface area contributed by atoms with Crippen LogP contribution in [0.3, 0.4) is 0 Å². The predicted octanol–water partition coefficient (Wildman–Crippen LogP) is 5.30. The normalized spacial score (nSPS) is 20.3. The number of hydrogen-bond donors (Lipinski definition) is 1. The fourth-order valence-electron chi connectivity index (χ4n) is 4.97. The van der Waals surface area contributed by atoms with Crippen molar-refractivity contribution in [2.45, 2.75) is 78.0 Å². The van der Waals surface area contributed by atoms with Crippen molar-refractivity contribution in [3.05, 3.63) is 39.1 Å². The van der Waals surface area contributed by atoms with Crippen LogP contribution in [0.25, 0.3) is 10.9 Å². The number of aromatic nitrogens is 1. The smallest absolute Gasteiger partial charge is 0.407 e. The third-order valence-electron chi connectivity index (χ3n) is 6.87. The highest BCUT2D eigenvalue weighted by atomic mass is 35.5. The van der Waals surface area contributed by atoms with Gasteiger partial charge in [-0.2, -0.15) is 0 Å². The molecule has 1 amide bonds. The highest BCUT2D eigenvalue weighted by molar-refractivity contribution is 6.38. The first-order valence-electron chi connectivity index (χ1n) is 12.8. The molecule has 8 nitrogen and oxygen atoms in total. The van der Waals surface area contributed by atoms with Crippen LogP contribution in [0.1, 0.15) is 76.7 Å². The second-order valence-electron chi connectivity index (χ2n) is 10.7. The summed E-state index contributed by atoms with van der Waals surface area (Å²) in [5.41, 5.74) is 0.543. The molecule has 1 aromatic heterocycles. The number of fused-ring (bicyclic) bond motifs is 1. The standard InChI is InChI=1S/C27H36ClN3O5/c1-6-16-12-13-30(15-20(16)29-26(34)36-27(3,4)5)21-11-10-18-23(22(21)28)31(17-8-9-17)14-19(24(18)32)25(33)35-7-2/h10-11,14,16-17,20H,6-9,12-13,15H2,1-5H3,(H,29,34)/t16-,20-/m1/s1. The molecule has 1 saturated carbocycles. The van der Waals surface area contributed by atoms with E-state index in [-0.39, 0.29) is 29.7 Å². The first-order valence-corrected chi connectivity index (χ1v) is 13.2. The van der Waals surface area contributed by atoms with Gasteiger partial charge >= 0.3 is 12.1 Å². The Bertz CT molecular complexity index is 1210. The Morgan fingerprint density at radius 1 is 1.17 bits per heavy atom. The van der Waals surface area contributed by atoms with E-state index in [1.165, 1.54) is 0 Å². The number of nitrogens with one attached hydrogen (secondary N) is 1. The molecule has 1 aliphatic carbocycles. The molecule has 2 aliphatic rings. The van der Waals surface area contributed by atoms with Crippen molar-refractivity contribution >= 4 is 40.3 Å². The molecule has 4 rings (SSSR count). The summed E-state index contributed by atoms with van der Waals surface area (Å²) in [5, 5.41) is 3.96. The number of benzene rings is 1. The van der Waals surface area contributed by atoms with E-state index < -0.39 is 17.7 Å². The first kappa shape index (κ1) is 26.3. The van der Waals surface area contributed by atoms with Crippen LogP contribution in [0.2, 0.25) is 5.02 Å². The highest BCUT2D eigenvalue weighted by Crippen LogP contribution is 2.41. The third kappa shape index (κ3) is 5.48. The number of anilines is 1. The first-order chi connectivity index (χ1) is 17.0. The van der Waals surface area contributed by atoms with Gasteiger partial charge < -0.3 is 24.3 Å². The summed E-state index contributed by atoms with van der Waals surface area (Å²) in [6.45, 7) is 10.9. The number of esters is 1. The van der Waals surface area contributed by atoms with Crippen LogP contribution in [0.4, 0.5) is 10.5 Å². The Labute approximate surface area is 216 Å². The van der Waals surface area contributed by atoms with Crippen molar-refractivity contribution in [3.63, 3.8) is 0 Å². The zero-order chi connectivity index (χ0) is 26.2. The number of rotatable bonds is 6. The van der Waals surface area contributed by atoms with Gasteiger partial charge in [0.2, 0.25) is 5.43 Å². The monoisotopic (exact) mass is 517 g/mol. The van der Waals surface area contributed by atoms with E-state index in [0.29, 0.717) is 28.4 Å². The van der Waals surface area contributed by atoms with Crippen molar-refractivity contribution in [1.29, 1.82) is 0 Å². The maximum Gasteiger partial charge on any atom is 0.407 e. The van der Waals surface area contributed by atoms with Crippen LogP contribution < -0.4 is 15.6 Å². The Kier molecular flexibility index (Phi) is 7.55. The van der Waals surface area contributed by atoms with Crippen LogP contribution in [-0.2, 0) is 9.47 Å². The zero-order valence-corrected chi connectivity index (χ0v) is 22.5. The maximum atomic E-state index is 13.2. The number of carbonyl (C=O) groups excluding carboxylic acids is 2. The van der Waals surface area contributed by atoms with Crippen LogP contribution in [0.15, 0.2) is 23.1 Å². The summed E-state index contributed by atoms with van der Waals surface area (Å²) in [7, 11) is 0. The molecule has 1 N–H and O–H groups in total. The number of hydrogen-bond acceptors (Lipinski definition) is 6. The number of nitrogens with zero attached hydrogens (tertiary/aromatic N) is 2. The molecule has 0 spiro atoms. The van der Waals surface area contributed by atoms with Crippen LogP contribution in [0.5, 0.6) is 0 Å². The fourth-order valence-corrected chi connectivity index (χ4v) is 5.35. The average Bonchev–Trinajstić information content (AvgIpc) is 3.64. The van der Waals surface area contributed by atoms with Gasteiger partial charge in [-0.05, 0) is 65.0 Å². The SMILES string of the molecule is CCOC(=O)c1cn(C2CC2)c2c(Cl)c(N3CC[C@@H](CC)[C@H](NC(=O)OC(C)(C)C)C3)ccc2c1=O. The number of amides is 1. The second kappa shape index (κ2) is 10.3. The van der Waals surface area contributed by atoms with E-state index in [0.717, 1.165) is 37.9 Å². The Balaban J connectivity index is 1.69. The summed E-state index contributed by atoms with van der Waals surface area (Å²) < 4.78 is 12.6. The van der Waals surface area contributed by atoms with E-state index in [1.807, 2.05) is 31.4 Å². The van der Waals surface area contributed by atoms with Gasteiger partial charge in [-0.3, -0.25) is 4.79 Å². The number of carbonyl (C=O) groups is 2. The van der Waals surface area contributed by atoms with Crippen molar-refractivity contribution in [2.75, 3.05) is 24.6 Å². The van der Waals surface area contributed by atoms with Crippen LogP contribution >= 0.6 is 11.6 Å². The van der Waals surface area contributed by atoms with E-state index >= 15 is 0 Å². The van der Waals surface area contributed by atoms with Crippen molar-refractivity contribution in [2.24, 2.45) is 5.92 Å². The molecule has 9 heteroatoms. The number of ether oxygens (including phenoxy) is 2. The lowest BCUT2D eigenvalue weighted by Crippen LogP contribution is -2.53. The lowest BCUT2D eigenvalue weighted by molar-refractivity contribution is 0.0477. The molecular formula is C27H36ClN3O5. The van der Waals surface area contributed by atoms with Crippen LogP contribution in [-0.4, -0.2) is 48.0 Å². The Hall–Kier alpha value is -2.74. The molecule has 2 aromatic rings. The maximum absolute atomic E-state index is 13.2. The van der Waals surface area contributed by atoms with Gasteiger partial charge in [0.1, 0.15) is 11.2 Å². The molecule has 2 heterocycles. The molecule has 2 atom stereocenters. The summed E-state index contributed by atoms with van der Waals surface area (Å²) in [5.74, 6) is -0.290. The summed E-state index contributed by atoms with van der Waals surface area (Å²) >= 11 is 7.00. The topological polar surface area (TPSA) is 89.9 Å². The summed E-state index contributed by atoms with van der Waals surface area (Å²) in [6, 6.07) is 3.70. The van der Waals surface area contributed by atoms with Crippen molar-refractivity contribution in [1.82, 2.24) is 9.88 Å². The average molecular weight is 518 g/mol. The van der Waals surface area contributed by atoms with Crippen molar-refractivity contribution in [3.8, 4) is 0 Å². The molecule has 1 aliphatic heterocycles. The fraction of sp³-hybridized carbons (Fsp3) is 0.593. The van der Waals surface area contributed by atoms with E-state index in [2.05, 4.69) is 17.1 Å². The van der Waals surface area contributed by atoms with Gasteiger partial charge in [0.15, 0.2) is 0 Å². The van der Waals surface area contributed by atoms with Gasteiger partial charge in [-0.15, -0.1) is 0 Å². The quantitative estimate of drug-likeness (QED) is 0.523. The van der Waals surface area contributed by atoms with Crippen LogP contribution in [0, 0.1) is 5.92 Å². The minimum atomic E-state index is -0.614. The molecule has 0 radical (unpaired) electrons. The third-order valence-corrected chi connectivity index (χ3v) is 7.24. The summed E-state index contributed by atoms with van der Waals surface area (Å²) in [4.78, 5) is 40.3. The van der Waals surface area contributed by atoms with E-state index in [9.17, 15) is 14.4 Å². The Morgan fingerprint density at radius 2 is 1.89 bits per heavy atom. The molecule has 1 aromatic carbocycles. The highest BCUT2D eigenvalue weighted by Gasteiger charge is 2.33. The Morgan fingerprint density at radius 3 is 2.50 bits per heavy atom. The van der Waals surface area contributed by atoms with Gasteiger partial charge in [0.05, 0.1) is 28.9 Å². The molecule has 0 bridgehead atoms. The van der Waals surface area contributed by atoms with Gasteiger partial charge in [-0.25, -0.2) is 9.59 Å². The number of pyridine rings is 1. The lowest BCUT2D eigenvalue weighted by Gasteiger charge is -2.40. The molecule has 0 unspecified atom stereocenters. The van der Waals surface area contributed by atoms with E-state index in [4.69, 9.17) is 21.1 Å². The molecule has 1 saturated heterocycles. The molecule has 196 valence electrons. The largest absolute Gasteiger partial charge is 0.462 e. The second-order valence-corrected chi connectivity index (χ2v) is 11.1. The van der Waals surface area contributed by atoms with E-state index in [1.54, 1.807) is 19.2 Å². The van der Waals surface area contributed by atoms with Gasteiger partial charge in [0.25, 0.3) is 0 Å². The van der Waals surface area contributed by atoms with Gasteiger partial charge in [-0.1, -0.05) is 24.9 Å². The molecule has 2 fully saturated rings. The van der Waals surface area contributed by atoms with Crippen molar-refractivity contribution < 1.29 is 19.1 Å². The minimum Gasteiger partial charge on any atom is -0.462 e. The zero-order valence-electron chi connectivity index (χ0n) is 21.7. The summed E-state index contributed by atoms with van der Waals surface area (Å²) in [6.07, 6.45) is 4.94. The van der Waals surface area contributed by atoms with Gasteiger partial charge in [0, 0.05) is 30.7 Å². The molecule has 36 heavy (non-hydrogen) atoms. The minimum absolute atomic E-state index is 0.0328. The number of piperidine rings is 1.